The molecule has 5 heteroatoms. The summed E-state index contributed by atoms with van der Waals surface area (Å²) in [6, 6.07) is 4.83. The maximum absolute atomic E-state index is 14.0. The highest BCUT2D eigenvalue weighted by molar-refractivity contribution is 6.35. The number of hydrogen-bond acceptors (Lipinski definition) is 3. The van der Waals surface area contributed by atoms with Gasteiger partial charge in [0.05, 0.1) is 12.1 Å². The van der Waals surface area contributed by atoms with Crippen molar-refractivity contribution in [3.63, 3.8) is 0 Å². The molecule has 1 heterocycles. The van der Waals surface area contributed by atoms with Crippen LogP contribution in [0.4, 0.5) is 4.39 Å². The van der Waals surface area contributed by atoms with Crippen LogP contribution in [-0.4, -0.2) is 18.1 Å². The minimum absolute atomic E-state index is 0.207. The molecule has 0 unspecified atom stereocenters. The van der Waals surface area contributed by atoms with Gasteiger partial charge in [0.25, 0.3) is 0 Å². The third kappa shape index (κ3) is 3.01. The van der Waals surface area contributed by atoms with Gasteiger partial charge in [-0.3, -0.25) is 4.79 Å². The molecule has 19 heavy (non-hydrogen) atoms. The molecule has 0 aliphatic heterocycles. The maximum atomic E-state index is 14.0. The Kier molecular flexibility index (Phi) is 4.00. The zero-order chi connectivity index (χ0) is 14.0. The minimum atomic E-state index is -0.428. The predicted octanol–water partition coefficient (Wildman–Crippen LogP) is 3.44. The van der Waals surface area contributed by atoms with Crippen LogP contribution in [0.1, 0.15) is 17.7 Å². The summed E-state index contributed by atoms with van der Waals surface area (Å²) in [7, 11) is 1.33. The summed E-state index contributed by atoms with van der Waals surface area (Å²) >= 11 is 6.10. The molecule has 100 valence electrons. The molecular weight excluding hydrogens is 269 g/mol. The molecule has 0 aliphatic carbocycles. The van der Waals surface area contributed by atoms with Crippen molar-refractivity contribution < 1.29 is 13.9 Å². The number of esters is 1. The summed E-state index contributed by atoms with van der Waals surface area (Å²) in [5, 5.41) is 1.02. The maximum Gasteiger partial charge on any atom is 0.305 e. The predicted molar refractivity (Wildman–Crippen MR) is 71.8 cm³/mol. The number of ether oxygens (including phenoxy) is 1. The number of fused-ring (bicyclic) bond motifs is 1. The van der Waals surface area contributed by atoms with Crippen LogP contribution in [0.3, 0.4) is 0 Å². The van der Waals surface area contributed by atoms with Crippen molar-refractivity contribution in [2.75, 3.05) is 7.11 Å². The number of nitrogens with zero attached hydrogens (tertiary/aromatic N) is 1. The highest BCUT2D eigenvalue weighted by atomic mass is 35.5. The second kappa shape index (κ2) is 5.53. The summed E-state index contributed by atoms with van der Waals surface area (Å²) in [4.78, 5) is 15.2. The number of pyridine rings is 1. The molecular formula is C14H13ClFNO2. The van der Waals surface area contributed by atoms with E-state index in [2.05, 4.69) is 9.72 Å². The van der Waals surface area contributed by atoms with Gasteiger partial charge in [0.1, 0.15) is 11.3 Å². The number of methoxy groups -OCH3 is 1. The van der Waals surface area contributed by atoms with Gasteiger partial charge in [-0.25, -0.2) is 9.37 Å². The molecule has 0 amide bonds. The van der Waals surface area contributed by atoms with E-state index in [9.17, 15) is 9.18 Å². The number of aromatic nitrogens is 1. The van der Waals surface area contributed by atoms with E-state index < -0.39 is 5.82 Å². The van der Waals surface area contributed by atoms with E-state index in [1.54, 1.807) is 19.1 Å². The van der Waals surface area contributed by atoms with Gasteiger partial charge in [0, 0.05) is 17.5 Å². The Morgan fingerprint density at radius 3 is 2.84 bits per heavy atom. The largest absolute Gasteiger partial charge is 0.469 e. The lowest BCUT2D eigenvalue weighted by Gasteiger charge is -2.07. The zero-order valence-electron chi connectivity index (χ0n) is 10.7. The van der Waals surface area contributed by atoms with Crippen LogP contribution in [0.25, 0.3) is 10.9 Å². The van der Waals surface area contributed by atoms with E-state index in [-0.39, 0.29) is 17.9 Å². The van der Waals surface area contributed by atoms with Gasteiger partial charge in [-0.05, 0) is 37.1 Å². The summed E-state index contributed by atoms with van der Waals surface area (Å²) in [6.45, 7) is 1.76. The minimum Gasteiger partial charge on any atom is -0.469 e. The Hall–Kier alpha value is -1.68. The first-order valence-corrected chi connectivity index (χ1v) is 6.21. The second-order valence-electron chi connectivity index (χ2n) is 4.30. The fraction of sp³-hybridized carbons (Fsp3) is 0.286. The zero-order valence-corrected chi connectivity index (χ0v) is 11.4. The molecule has 1 aromatic carbocycles. The number of halogens is 2. The van der Waals surface area contributed by atoms with Crippen LogP contribution in [0, 0.1) is 12.7 Å². The van der Waals surface area contributed by atoms with E-state index >= 15 is 0 Å². The lowest BCUT2D eigenvalue weighted by atomic mass is 10.1. The molecule has 0 N–H and O–H groups in total. The van der Waals surface area contributed by atoms with Crippen LogP contribution in [-0.2, 0) is 16.0 Å². The third-order valence-corrected chi connectivity index (χ3v) is 3.16. The van der Waals surface area contributed by atoms with Gasteiger partial charge in [0.2, 0.25) is 0 Å². The molecule has 0 radical (unpaired) electrons. The summed E-state index contributed by atoms with van der Waals surface area (Å²) in [6.07, 6.45) is 0.613. The smallest absolute Gasteiger partial charge is 0.305 e. The SMILES string of the molecule is COC(=O)CCc1cc(F)c2nc(C)cc(Cl)c2c1. The van der Waals surface area contributed by atoms with Gasteiger partial charge >= 0.3 is 5.97 Å². The Labute approximate surface area is 115 Å². The Balaban J connectivity index is 2.41. The lowest BCUT2D eigenvalue weighted by Crippen LogP contribution is -2.02. The molecule has 2 rings (SSSR count). The van der Waals surface area contributed by atoms with Crippen molar-refractivity contribution in [2.24, 2.45) is 0 Å². The van der Waals surface area contributed by atoms with Crippen molar-refractivity contribution in [1.29, 1.82) is 0 Å². The molecule has 0 saturated heterocycles. The van der Waals surface area contributed by atoms with Gasteiger partial charge in [-0.2, -0.15) is 0 Å². The van der Waals surface area contributed by atoms with E-state index in [0.29, 0.717) is 28.1 Å². The quantitative estimate of drug-likeness (QED) is 0.809. The Bertz CT molecular complexity index is 643. The average Bonchev–Trinajstić information content (AvgIpc) is 2.37. The van der Waals surface area contributed by atoms with E-state index in [1.807, 2.05) is 0 Å². The molecule has 0 atom stereocenters. The monoisotopic (exact) mass is 281 g/mol. The molecule has 0 fully saturated rings. The van der Waals surface area contributed by atoms with Crippen LogP contribution < -0.4 is 0 Å². The van der Waals surface area contributed by atoms with Gasteiger partial charge in [0.15, 0.2) is 0 Å². The van der Waals surface area contributed by atoms with Crippen molar-refractivity contribution in [3.8, 4) is 0 Å². The number of carbonyl (C=O) groups is 1. The average molecular weight is 282 g/mol. The molecule has 3 nitrogen and oxygen atoms in total. The summed E-state index contributed by atoms with van der Waals surface area (Å²) in [5.41, 5.74) is 1.62. The highest BCUT2D eigenvalue weighted by Crippen LogP contribution is 2.26. The van der Waals surface area contributed by atoms with Crippen molar-refractivity contribution in [2.45, 2.75) is 19.8 Å². The number of benzene rings is 1. The number of carbonyl (C=O) groups excluding carboxylic acids is 1. The van der Waals surface area contributed by atoms with E-state index in [1.165, 1.54) is 13.2 Å². The number of hydrogen-bond donors (Lipinski definition) is 0. The van der Waals surface area contributed by atoms with Crippen molar-refractivity contribution in [3.05, 3.63) is 40.3 Å². The first kappa shape index (κ1) is 13.7. The molecule has 0 bridgehead atoms. The third-order valence-electron chi connectivity index (χ3n) is 2.85. The molecule has 1 aromatic heterocycles. The Morgan fingerprint density at radius 2 is 2.16 bits per heavy atom. The van der Waals surface area contributed by atoms with Crippen molar-refractivity contribution >= 4 is 28.5 Å². The first-order chi connectivity index (χ1) is 9.01. The van der Waals surface area contributed by atoms with Crippen LogP contribution in [0.15, 0.2) is 18.2 Å². The normalized spacial score (nSPS) is 10.7. The van der Waals surface area contributed by atoms with Gasteiger partial charge < -0.3 is 4.74 Å². The fourth-order valence-corrected chi connectivity index (χ4v) is 2.22. The van der Waals surface area contributed by atoms with Crippen LogP contribution in [0.5, 0.6) is 0 Å². The second-order valence-corrected chi connectivity index (χ2v) is 4.70. The molecule has 0 saturated carbocycles. The topological polar surface area (TPSA) is 39.2 Å². The summed E-state index contributed by atoms with van der Waals surface area (Å²) in [5.74, 6) is -0.753. The fourth-order valence-electron chi connectivity index (χ4n) is 1.91. The van der Waals surface area contributed by atoms with E-state index in [4.69, 9.17) is 11.6 Å². The lowest BCUT2D eigenvalue weighted by molar-refractivity contribution is -0.140. The Morgan fingerprint density at radius 1 is 1.42 bits per heavy atom. The molecule has 2 aromatic rings. The highest BCUT2D eigenvalue weighted by Gasteiger charge is 2.10. The summed E-state index contributed by atoms with van der Waals surface area (Å²) < 4.78 is 18.5. The standard InChI is InChI=1S/C14H13ClFNO2/c1-8-5-11(15)10-6-9(3-4-13(18)19-2)7-12(16)14(10)17-8/h5-7H,3-4H2,1-2H3. The molecule has 0 aliphatic rings. The van der Waals surface area contributed by atoms with Crippen LogP contribution in [0.2, 0.25) is 5.02 Å². The van der Waals surface area contributed by atoms with Gasteiger partial charge in [-0.1, -0.05) is 11.6 Å². The molecule has 0 spiro atoms. The number of aryl methyl sites for hydroxylation is 2. The van der Waals surface area contributed by atoms with Crippen molar-refractivity contribution in [1.82, 2.24) is 4.98 Å². The first-order valence-electron chi connectivity index (χ1n) is 5.83. The number of rotatable bonds is 3. The van der Waals surface area contributed by atoms with Gasteiger partial charge in [-0.15, -0.1) is 0 Å². The van der Waals surface area contributed by atoms with Crippen LogP contribution >= 0.6 is 11.6 Å². The van der Waals surface area contributed by atoms with E-state index in [0.717, 1.165) is 0 Å².